The lowest BCUT2D eigenvalue weighted by Crippen LogP contribution is -2.50. The van der Waals surface area contributed by atoms with Crippen LogP contribution >= 0.6 is 0 Å². The maximum Gasteiger partial charge on any atom is 0.239 e. The first-order chi connectivity index (χ1) is 9.19. The van der Waals surface area contributed by atoms with E-state index in [0.717, 1.165) is 4.31 Å². The van der Waals surface area contributed by atoms with Crippen LogP contribution in [0.5, 0.6) is 0 Å². The smallest absolute Gasteiger partial charge is 0.239 e. The molecule has 1 atom stereocenters. The molecule has 1 aromatic carbocycles. The molecular formula is C13H16FN3O2S. The standard InChI is InChI=1S/C13H16FN3O2S/c1-4-9-5-6-11(14)10(7-9)13(2)8-20(18,19)17(3)12(15)16-13/h4-7H,1,8H2,2-3H3,(H2,15,16). The lowest BCUT2D eigenvalue weighted by molar-refractivity contribution is 0.458. The number of halogens is 1. The van der Waals surface area contributed by atoms with Crippen LogP contribution in [0.1, 0.15) is 18.1 Å². The van der Waals surface area contributed by atoms with Gasteiger partial charge in [-0.25, -0.2) is 22.1 Å². The summed E-state index contributed by atoms with van der Waals surface area (Å²) in [5.41, 5.74) is 5.27. The van der Waals surface area contributed by atoms with Gasteiger partial charge in [-0.2, -0.15) is 0 Å². The fraction of sp³-hybridized carbons (Fsp3) is 0.308. The van der Waals surface area contributed by atoms with Crippen molar-refractivity contribution in [3.8, 4) is 0 Å². The Balaban J connectivity index is 2.65. The summed E-state index contributed by atoms with van der Waals surface area (Å²) < 4.78 is 39.1. The second-order valence-electron chi connectivity index (χ2n) is 4.91. The van der Waals surface area contributed by atoms with E-state index in [1.54, 1.807) is 25.1 Å². The quantitative estimate of drug-likeness (QED) is 0.893. The van der Waals surface area contributed by atoms with E-state index in [2.05, 4.69) is 11.6 Å². The van der Waals surface area contributed by atoms with Crippen molar-refractivity contribution in [3.63, 3.8) is 0 Å². The van der Waals surface area contributed by atoms with Crippen LogP contribution in [-0.4, -0.2) is 31.5 Å². The molecule has 0 amide bonds. The molecular weight excluding hydrogens is 281 g/mol. The van der Waals surface area contributed by atoms with Gasteiger partial charge in [0, 0.05) is 12.6 Å². The molecule has 2 rings (SSSR count). The van der Waals surface area contributed by atoms with Gasteiger partial charge in [-0.1, -0.05) is 18.7 Å². The molecule has 1 heterocycles. The van der Waals surface area contributed by atoms with Gasteiger partial charge in [0.25, 0.3) is 0 Å². The third-order valence-corrected chi connectivity index (χ3v) is 5.32. The maximum atomic E-state index is 14.1. The van der Waals surface area contributed by atoms with Gasteiger partial charge in [-0.15, -0.1) is 0 Å². The van der Waals surface area contributed by atoms with Crippen molar-refractivity contribution in [1.82, 2.24) is 4.31 Å². The minimum atomic E-state index is -3.62. The maximum absolute atomic E-state index is 14.1. The van der Waals surface area contributed by atoms with Gasteiger partial charge in [0.1, 0.15) is 11.4 Å². The van der Waals surface area contributed by atoms with Gasteiger partial charge in [-0.05, 0) is 24.6 Å². The van der Waals surface area contributed by atoms with Crippen LogP contribution < -0.4 is 5.73 Å². The molecule has 20 heavy (non-hydrogen) atoms. The van der Waals surface area contributed by atoms with Crippen LogP contribution in [0.3, 0.4) is 0 Å². The van der Waals surface area contributed by atoms with Gasteiger partial charge in [0.2, 0.25) is 16.0 Å². The highest BCUT2D eigenvalue weighted by atomic mass is 32.2. The third-order valence-electron chi connectivity index (χ3n) is 3.37. The predicted octanol–water partition coefficient (Wildman–Crippen LogP) is 1.27. The number of hydrogen-bond acceptors (Lipinski definition) is 4. The molecule has 2 N–H and O–H groups in total. The number of guanidine groups is 1. The summed E-state index contributed by atoms with van der Waals surface area (Å²) in [4.78, 5) is 4.16. The van der Waals surface area contributed by atoms with Gasteiger partial charge < -0.3 is 5.73 Å². The Morgan fingerprint density at radius 2 is 2.20 bits per heavy atom. The van der Waals surface area contributed by atoms with Crippen LogP contribution in [-0.2, 0) is 15.6 Å². The summed E-state index contributed by atoms with van der Waals surface area (Å²) in [6, 6.07) is 4.37. The molecule has 1 aromatic rings. The average Bonchev–Trinajstić information content (AvgIpc) is 2.36. The molecule has 0 bridgehead atoms. The Hall–Kier alpha value is -1.89. The first kappa shape index (κ1) is 14.5. The van der Waals surface area contributed by atoms with Crippen molar-refractivity contribution >= 4 is 22.1 Å². The number of aliphatic imine (C=N–C) groups is 1. The summed E-state index contributed by atoms with van der Waals surface area (Å²) in [5.74, 6) is -1.01. The highest BCUT2D eigenvalue weighted by Gasteiger charge is 2.41. The van der Waals surface area contributed by atoms with E-state index in [4.69, 9.17) is 5.73 Å². The summed E-state index contributed by atoms with van der Waals surface area (Å²) in [6.45, 7) is 5.17. The third kappa shape index (κ3) is 2.29. The number of nitrogens with two attached hydrogens (primary N) is 1. The second-order valence-corrected chi connectivity index (χ2v) is 6.91. The Bertz CT molecular complexity index is 700. The van der Waals surface area contributed by atoms with Crippen LogP contribution in [0.2, 0.25) is 0 Å². The minimum Gasteiger partial charge on any atom is -0.369 e. The fourth-order valence-corrected chi connectivity index (χ4v) is 3.62. The topological polar surface area (TPSA) is 75.8 Å². The van der Waals surface area contributed by atoms with Gasteiger partial charge in [0.05, 0.1) is 5.75 Å². The van der Waals surface area contributed by atoms with Crippen molar-refractivity contribution in [2.45, 2.75) is 12.5 Å². The number of sulfonamides is 1. The molecule has 1 aliphatic rings. The monoisotopic (exact) mass is 297 g/mol. The predicted molar refractivity (Wildman–Crippen MR) is 77.0 cm³/mol. The van der Waals surface area contributed by atoms with E-state index in [1.165, 1.54) is 13.1 Å². The molecule has 0 saturated heterocycles. The van der Waals surface area contributed by atoms with Gasteiger partial charge in [-0.3, -0.25) is 0 Å². The lowest BCUT2D eigenvalue weighted by Gasteiger charge is -2.34. The van der Waals surface area contributed by atoms with E-state index < -0.39 is 21.4 Å². The van der Waals surface area contributed by atoms with Crippen molar-refractivity contribution in [3.05, 3.63) is 41.7 Å². The summed E-state index contributed by atoms with van der Waals surface area (Å²) in [7, 11) is -2.29. The molecule has 5 nitrogen and oxygen atoms in total. The lowest BCUT2D eigenvalue weighted by atomic mass is 9.92. The van der Waals surface area contributed by atoms with Crippen LogP contribution in [0.25, 0.3) is 6.08 Å². The highest BCUT2D eigenvalue weighted by molar-refractivity contribution is 7.89. The molecule has 0 fully saturated rings. The van der Waals surface area contributed by atoms with Gasteiger partial charge in [0.15, 0.2) is 0 Å². The van der Waals surface area contributed by atoms with Crippen LogP contribution in [0.4, 0.5) is 4.39 Å². The molecule has 0 spiro atoms. The molecule has 7 heteroatoms. The summed E-state index contributed by atoms with van der Waals surface area (Å²) >= 11 is 0. The normalized spacial score (nSPS) is 25.1. The van der Waals surface area contributed by atoms with E-state index >= 15 is 0 Å². The average molecular weight is 297 g/mol. The minimum absolute atomic E-state index is 0.151. The van der Waals surface area contributed by atoms with Crippen molar-refractivity contribution in [2.24, 2.45) is 10.7 Å². The first-order valence-corrected chi connectivity index (χ1v) is 7.55. The zero-order valence-electron chi connectivity index (χ0n) is 11.3. The fourth-order valence-electron chi connectivity index (χ4n) is 2.17. The number of hydrogen-bond donors (Lipinski definition) is 1. The van der Waals surface area contributed by atoms with Crippen molar-refractivity contribution in [2.75, 3.05) is 12.8 Å². The van der Waals surface area contributed by atoms with E-state index in [-0.39, 0.29) is 17.3 Å². The largest absolute Gasteiger partial charge is 0.369 e. The molecule has 0 aromatic heterocycles. The molecule has 0 radical (unpaired) electrons. The zero-order valence-corrected chi connectivity index (χ0v) is 12.1. The van der Waals surface area contributed by atoms with Gasteiger partial charge >= 0.3 is 0 Å². The summed E-state index contributed by atoms with van der Waals surface area (Å²) in [5, 5.41) is 0. The Morgan fingerprint density at radius 3 is 2.75 bits per heavy atom. The van der Waals surface area contributed by atoms with E-state index in [0.29, 0.717) is 5.56 Å². The first-order valence-electron chi connectivity index (χ1n) is 5.94. The highest BCUT2D eigenvalue weighted by Crippen LogP contribution is 2.33. The number of nitrogens with zero attached hydrogens (tertiary/aromatic N) is 2. The number of benzene rings is 1. The second kappa shape index (κ2) is 4.59. The zero-order chi connectivity index (χ0) is 15.1. The van der Waals surface area contributed by atoms with Crippen molar-refractivity contribution in [1.29, 1.82) is 0 Å². The Morgan fingerprint density at radius 1 is 1.55 bits per heavy atom. The van der Waals surface area contributed by atoms with Crippen molar-refractivity contribution < 1.29 is 12.8 Å². The Kier molecular flexibility index (Phi) is 3.33. The summed E-state index contributed by atoms with van der Waals surface area (Å²) in [6.07, 6.45) is 1.56. The molecule has 1 aliphatic heterocycles. The molecule has 1 unspecified atom stereocenters. The Labute approximate surface area is 117 Å². The van der Waals surface area contributed by atoms with Crippen LogP contribution in [0.15, 0.2) is 29.8 Å². The molecule has 0 saturated carbocycles. The van der Waals surface area contributed by atoms with E-state index in [9.17, 15) is 12.8 Å². The van der Waals surface area contributed by atoms with E-state index in [1.807, 2.05) is 0 Å². The number of rotatable bonds is 2. The van der Waals surface area contributed by atoms with Crippen LogP contribution in [0, 0.1) is 5.82 Å². The SMILES string of the molecule is C=Cc1ccc(F)c(C2(C)CS(=O)(=O)N(C)C(N)=N2)c1. The molecule has 108 valence electrons. The molecule has 0 aliphatic carbocycles.